The lowest BCUT2D eigenvalue weighted by Gasteiger charge is -2.30. The van der Waals surface area contributed by atoms with Gasteiger partial charge in [-0.2, -0.15) is 8.61 Å². The fraction of sp³-hybridized carbons (Fsp3) is 0.532. The van der Waals surface area contributed by atoms with E-state index in [-0.39, 0.29) is 74.6 Å². The number of hydrogen-bond donors (Lipinski definition) is 5. The van der Waals surface area contributed by atoms with Gasteiger partial charge in [-0.15, -0.1) is 0 Å². The molecule has 0 heterocycles. The van der Waals surface area contributed by atoms with Gasteiger partial charge in [-0.05, 0) is 94.0 Å². The second kappa shape index (κ2) is 28.5. The number of carbonyl (C=O) groups excluding carboxylic acids is 4. The summed E-state index contributed by atoms with van der Waals surface area (Å²) in [7, 11) is -8.15. The van der Waals surface area contributed by atoms with E-state index >= 15 is 0 Å². The van der Waals surface area contributed by atoms with Crippen LogP contribution in [0.2, 0.25) is 0 Å². The lowest BCUT2D eigenvalue weighted by molar-refractivity contribution is -0.128. The molecule has 0 aromatic heterocycles. The predicted octanol–water partition coefficient (Wildman–Crippen LogP) is 3.31. The molecule has 4 atom stereocenters. The Morgan fingerprint density at radius 2 is 1.16 bits per heavy atom. The summed E-state index contributed by atoms with van der Waals surface area (Å²) in [6.07, 6.45) is 4.42. The van der Waals surface area contributed by atoms with Crippen LogP contribution in [-0.2, 0) is 57.8 Å². The lowest BCUT2D eigenvalue weighted by atomic mass is 9.90. The molecule has 15 nitrogen and oxygen atoms in total. The number of nitrogens with one attached hydrogen (secondary N) is 2. The molecular weight excluding hydrogens is 855 g/mol. The second-order valence-corrected chi connectivity index (χ2v) is 20.6. The van der Waals surface area contributed by atoms with Crippen molar-refractivity contribution in [3.8, 4) is 0 Å². The number of sulfonamides is 2. The van der Waals surface area contributed by atoms with Gasteiger partial charge in [-0.3, -0.25) is 19.2 Å². The van der Waals surface area contributed by atoms with Crippen LogP contribution >= 0.6 is 0 Å². The van der Waals surface area contributed by atoms with Gasteiger partial charge in [-0.25, -0.2) is 16.8 Å². The molecule has 0 aliphatic carbocycles. The zero-order valence-electron chi connectivity index (χ0n) is 37.6. The minimum atomic E-state index is -4.13. The van der Waals surface area contributed by atoms with Crippen molar-refractivity contribution in [2.24, 2.45) is 29.0 Å². The highest BCUT2D eigenvalue weighted by Crippen LogP contribution is 2.21. The fourth-order valence-corrected chi connectivity index (χ4v) is 10.6. The van der Waals surface area contributed by atoms with Crippen molar-refractivity contribution in [1.82, 2.24) is 19.2 Å². The summed E-state index contributed by atoms with van der Waals surface area (Å²) in [5.74, 6) is -3.38. The van der Waals surface area contributed by atoms with Gasteiger partial charge in [0.05, 0.1) is 30.6 Å². The Labute approximate surface area is 381 Å². The molecule has 0 saturated carbocycles. The van der Waals surface area contributed by atoms with Crippen LogP contribution in [0.3, 0.4) is 0 Å². The Morgan fingerprint density at radius 3 is 1.69 bits per heavy atom. The van der Waals surface area contributed by atoms with Crippen LogP contribution in [0.4, 0.5) is 0 Å². The Morgan fingerprint density at radius 1 is 0.625 bits per heavy atom. The molecule has 17 heteroatoms. The van der Waals surface area contributed by atoms with Crippen LogP contribution in [0.25, 0.3) is 0 Å². The van der Waals surface area contributed by atoms with Gasteiger partial charge in [0.25, 0.3) is 0 Å². The van der Waals surface area contributed by atoms with Crippen LogP contribution in [0.15, 0.2) is 91.0 Å². The van der Waals surface area contributed by atoms with E-state index in [4.69, 9.17) is 17.2 Å². The van der Waals surface area contributed by atoms with E-state index in [1.165, 1.54) is 6.92 Å². The summed E-state index contributed by atoms with van der Waals surface area (Å²) >= 11 is 0. The number of unbranched alkanes of at least 4 members (excludes halogenated alkanes) is 2. The van der Waals surface area contributed by atoms with Gasteiger partial charge in [0.1, 0.15) is 5.78 Å². The van der Waals surface area contributed by atoms with E-state index in [2.05, 4.69) is 10.6 Å². The number of nitrogens with two attached hydrogens (primary N) is 3. The predicted molar refractivity (Wildman–Crippen MR) is 253 cm³/mol. The van der Waals surface area contributed by atoms with E-state index < -0.39 is 56.3 Å². The molecule has 3 rings (SSSR count). The molecule has 0 bridgehead atoms. The SMILES string of the molecule is CC[C@@H](CCCCN)C(=O)N[C@@H](Cc1ccccc1)CN(CC(=O)N[C@@H](CCCCN)C(=O)C[C@@H](Cc1ccccc1)CN(CC(C)=O)S(=O)(=O)Cc1ccccc1)S(=O)(=O)CCN. The summed E-state index contributed by atoms with van der Waals surface area (Å²) in [4.78, 5) is 54.6. The molecule has 0 unspecified atom stereocenters. The van der Waals surface area contributed by atoms with Crippen molar-refractivity contribution in [3.05, 3.63) is 108 Å². The van der Waals surface area contributed by atoms with Crippen molar-refractivity contribution in [2.75, 3.05) is 51.6 Å². The molecule has 64 heavy (non-hydrogen) atoms. The van der Waals surface area contributed by atoms with E-state index in [1.54, 1.807) is 30.3 Å². The number of benzene rings is 3. The van der Waals surface area contributed by atoms with E-state index in [0.717, 1.165) is 32.6 Å². The minimum Gasteiger partial charge on any atom is -0.351 e. The van der Waals surface area contributed by atoms with Crippen LogP contribution in [0.5, 0.6) is 0 Å². The van der Waals surface area contributed by atoms with Crippen molar-refractivity contribution in [2.45, 2.75) is 95.9 Å². The monoisotopic (exact) mass is 925 g/mol. The fourth-order valence-electron chi connectivity index (χ4n) is 7.71. The Bertz CT molecular complexity index is 2080. The number of Topliss-reactive ketones (excluding diaryl/α,β-unsaturated/α-hetero) is 2. The number of rotatable bonds is 33. The molecule has 0 aliphatic heterocycles. The molecule has 0 saturated heterocycles. The summed E-state index contributed by atoms with van der Waals surface area (Å²) in [6, 6.07) is 25.5. The van der Waals surface area contributed by atoms with Gasteiger partial charge >= 0.3 is 0 Å². The zero-order chi connectivity index (χ0) is 47.0. The first-order chi connectivity index (χ1) is 30.6. The van der Waals surface area contributed by atoms with Gasteiger partial charge in [0, 0.05) is 38.0 Å². The normalized spacial score (nSPS) is 13.9. The van der Waals surface area contributed by atoms with Crippen LogP contribution in [0, 0.1) is 11.8 Å². The zero-order valence-corrected chi connectivity index (χ0v) is 39.2. The summed E-state index contributed by atoms with van der Waals surface area (Å²) in [5, 5.41) is 5.88. The maximum atomic E-state index is 14.4. The van der Waals surface area contributed by atoms with Crippen molar-refractivity contribution < 1.29 is 36.0 Å². The van der Waals surface area contributed by atoms with Crippen LogP contribution in [0.1, 0.15) is 81.9 Å². The standard InChI is InChI=1S/C47H71N7O8S2/c1-3-42(23-13-15-25-48)47(58)51-43(30-39-19-9-5-10-20-39)34-54(63(59,60)28-27-50)35-46(57)52-44(24-14-16-26-49)45(56)31-41(29-38-17-7-4-8-18-38)33-53(32-37(2)55)64(61,62)36-40-21-11-6-12-22-40/h4-12,17-22,41-44H,3,13-16,23-36,48-50H2,1-2H3,(H,51,58)(H,52,57)/t41-,42+,43+,44+/m1/s1. The molecule has 8 N–H and O–H groups in total. The molecular formula is C47H71N7O8S2. The van der Waals surface area contributed by atoms with Crippen molar-refractivity contribution in [1.29, 1.82) is 0 Å². The van der Waals surface area contributed by atoms with Gasteiger partial charge < -0.3 is 27.8 Å². The molecule has 354 valence electrons. The van der Waals surface area contributed by atoms with Gasteiger partial charge in [-0.1, -0.05) is 104 Å². The van der Waals surface area contributed by atoms with E-state index in [9.17, 15) is 36.0 Å². The highest BCUT2D eigenvalue weighted by molar-refractivity contribution is 7.89. The maximum Gasteiger partial charge on any atom is 0.235 e. The number of ketones is 2. The summed E-state index contributed by atoms with van der Waals surface area (Å²) in [6.45, 7) is 2.49. The highest BCUT2D eigenvalue weighted by Gasteiger charge is 2.33. The molecule has 0 fully saturated rings. The van der Waals surface area contributed by atoms with Crippen molar-refractivity contribution in [3.63, 3.8) is 0 Å². The number of hydrogen-bond acceptors (Lipinski definition) is 11. The van der Waals surface area contributed by atoms with Gasteiger partial charge in [0.2, 0.25) is 31.9 Å². The lowest BCUT2D eigenvalue weighted by Crippen LogP contribution is -2.53. The highest BCUT2D eigenvalue weighted by atomic mass is 32.2. The molecule has 0 radical (unpaired) electrons. The third-order valence-corrected chi connectivity index (χ3v) is 14.6. The van der Waals surface area contributed by atoms with E-state index in [1.807, 2.05) is 67.6 Å². The second-order valence-electron chi connectivity index (χ2n) is 16.5. The Balaban J connectivity index is 1.93. The molecule has 3 aromatic rings. The molecule has 0 spiro atoms. The van der Waals surface area contributed by atoms with Crippen LogP contribution < -0.4 is 27.8 Å². The number of nitrogens with zero attached hydrogens (tertiary/aromatic N) is 2. The van der Waals surface area contributed by atoms with Crippen molar-refractivity contribution >= 4 is 43.4 Å². The van der Waals surface area contributed by atoms with Gasteiger partial charge in [0.15, 0.2) is 5.78 Å². The maximum absolute atomic E-state index is 14.4. The molecule has 3 aromatic carbocycles. The summed E-state index contributed by atoms with van der Waals surface area (Å²) < 4.78 is 57.5. The first-order valence-electron chi connectivity index (χ1n) is 22.4. The topological polar surface area (TPSA) is 245 Å². The van der Waals surface area contributed by atoms with E-state index in [0.29, 0.717) is 50.8 Å². The Hall–Kier alpha value is -4.36. The number of amides is 2. The first-order valence-corrected chi connectivity index (χ1v) is 25.6. The Kier molecular flexibility index (Phi) is 24.1. The number of carbonyl (C=O) groups is 4. The molecule has 0 aliphatic rings. The smallest absolute Gasteiger partial charge is 0.235 e. The quantitative estimate of drug-likeness (QED) is 0.0555. The third kappa shape index (κ3) is 19.8. The minimum absolute atomic E-state index is 0.135. The molecule has 2 amide bonds. The largest absolute Gasteiger partial charge is 0.351 e. The average Bonchev–Trinajstić information content (AvgIpc) is 3.25. The summed E-state index contributed by atoms with van der Waals surface area (Å²) in [5.41, 5.74) is 19.5. The third-order valence-electron chi connectivity index (χ3n) is 11.0. The average molecular weight is 926 g/mol. The first kappa shape index (κ1) is 54.0. The van der Waals surface area contributed by atoms with Crippen LogP contribution in [-0.4, -0.2) is 112 Å².